The van der Waals surface area contributed by atoms with Crippen LogP contribution in [-0.2, 0) is 4.57 Å². The second-order valence-corrected chi connectivity index (χ2v) is 8.88. The molecule has 5 heteroatoms. The fourth-order valence-electron chi connectivity index (χ4n) is 2.75. The first-order valence-electron chi connectivity index (χ1n) is 7.49. The molecule has 0 fully saturated rings. The molecule has 118 valence electrons. The van der Waals surface area contributed by atoms with Crippen molar-refractivity contribution in [3.63, 3.8) is 0 Å². The molecule has 0 spiro atoms. The molecule has 0 aliphatic rings. The Morgan fingerprint density at radius 2 is 1.50 bits per heavy atom. The largest absolute Gasteiger partial charge is 0.461 e. The first-order valence-corrected chi connectivity index (χ1v) is 10.1. The smallest absolute Gasteiger partial charge is 0.174 e. The fraction of sp³-hybridized carbons (Fsp3) is 0. The summed E-state index contributed by atoms with van der Waals surface area (Å²) in [6.07, 6.45) is 3.31. The molecular weight excluding hydrogens is 337 g/mol. The molecule has 2 aromatic heterocycles. The Morgan fingerprint density at radius 1 is 0.875 bits per heavy atom. The van der Waals surface area contributed by atoms with Gasteiger partial charge in [-0.2, -0.15) is 0 Å². The molecule has 2 heterocycles. The van der Waals surface area contributed by atoms with Crippen LogP contribution in [0.15, 0.2) is 89.0 Å². The second kappa shape index (κ2) is 6.23. The van der Waals surface area contributed by atoms with Gasteiger partial charge in [-0.25, -0.2) is 4.98 Å². The standard InChI is InChI=1S/C19H14NO2PS/c21-23(15-7-3-1-4-8-15,16-9-5-2-6-10-16)17-11-13-22-18(17)19-20-12-14-24-19/h1-14H. The molecule has 0 aliphatic carbocycles. The Hall–Kier alpha value is -2.42. The lowest BCUT2D eigenvalue weighted by Crippen LogP contribution is -2.25. The van der Waals surface area contributed by atoms with E-state index in [1.807, 2.05) is 66.0 Å². The zero-order valence-electron chi connectivity index (χ0n) is 12.7. The first kappa shape index (κ1) is 15.1. The van der Waals surface area contributed by atoms with Gasteiger partial charge in [-0.05, 0) is 6.07 Å². The van der Waals surface area contributed by atoms with Crippen LogP contribution in [0.4, 0.5) is 0 Å². The normalized spacial score (nSPS) is 11.5. The second-order valence-electron chi connectivity index (χ2n) is 5.25. The van der Waals surface area contributed by atoms with Gasteiger partial charge in [0.1, 0.15) is 0 Å². The summed E-state index contributed by atoms with van der Waals surface area (Å²) in [5, 5.41) is 4.89. The van der Waals surface area contributed by atoms with Crippen molar-refractivity contribution in [1.29, 1.82) is 0 Å². The van der Waals surface area contributed by atoms with Crippen LogP contribution in [0.5, 0.6) is 0 Å². The number of hydrogen-bond donors (Lipinski definition) is 0. The van der Waals surface area contributed by atoms with Crippen molar-refractivity contribution in [1.82, 2.24) is 4.98 Å². The van der Waals surface area contributed by atoms with E-state index in [-0.39, 0.29) is 0 Å². The highest BCUT2D eigenvalue weighted by molar-refractivity contribution is 7.85. The van der Waals surface area contributed by atoms with E-state index >= 15 is 0 Å². The van der Waals surface area contributed by atoms with Gasteiger partial charge in [0, 0.05) is 22.2 Å². The lowest BCUT2D eigenvalue weighted by Gasteiger charge is -2.19. The van der Waals surface area contributed by atoms with Gasteiger partial charge in [0.25, 0.3) is 0 Å². The average Bonchev–Trinajstić information content (AvgIpc) is 3.34. The Balaban J connectivity index is 2.00. The molecule has 2 aromatic carbocycles. The van der Waals surface area contributed by atoms with Gasteiger partial charge in [-0.3, -0.25) is 0 Å². The number of aromatic nitrogens is 1. The number of nitrogens with zero attached hydrogens (tertiary/aromatic N) is 1. The third kappa shape index (κ3) is 2.44. The highest BCUT2D eigenvalue weighted by atomic mass is 32.1. The van der Waals surface area contributed by atoms with Crippen molar-refractivity contribution in [2.24, 2.45) is 0 Å². The molecule has 0 N–H and O–H groups in total. The molecule has 4 rings (SSSR count). The molecule has 0 atom stereocenters. The zero-order chi connectivity index (χ0) is 16.4. The molecule has 0 amide bonds. The van der Waals surface area contributed by atoms with Gasteiger partial charge >= 0.3 is 0 Å². The van der Waals surface area contributed by atoms with Crippen LogP contribution in [0, 0.1) is 0 Å². The van der Waals surface area contributed by atoms with E-state index in [0.717, 1.165) is 15.6 Å². The minimum Gasteiger partial charge on any atom is -0.461 e. The molecule has 0 radical (unpaired) electrons. The number of hydrogen-bond acceptors (Lipinski definition) is 4. The first-order chi connectivity index (χ1) is 11.8. The van der Waals surface area contributed by atoms with Gasteiger partial charge in [-0.15, -0.1) is 11.3 Å². The molecule has 0 bridgehead atoms. The van der Waals surface area contributed by atoms with Crippen LogP contribution < -0.4 is 15.9 Å². The van der Waals surface area contributed by atoms with E-state index in [2.05, 4.69) is 4.98 Å². The van der Waals surface area contributed by atoms with Crippen LogP contribution in [-0.4, -0.2) is 4.98 Å². The van der Waals surface area contributed by atoms with Crippen molar-refractivity contribution in [2.45, 2.75) is 0 Å². The van der Waals surface area contributed by atoms with Crippen molar-refractivity contribution in [3.8, 4) is 10.8 Å². The summed E-state index contributed by atoms with van der Waals surface area (Å²) in [5.74, 6) is 0.584. The molecule has 0 saturated heterocycles. The minimum absolute atomic E-state index is 0.584. The minimum atomic E-state index is -3.03. The summed E-state index contributed by atoms with van der Waals surface area (Å²) in [6, 6.07) is 20.9. The van der Waals surface area contributed by atoms with E-state index in [0.29, 0.717) is 11.1 Å². The average molecular weight is 351 g/mol. The zero-order valence-corrected chi connectivity index (χ0v) is 14.4. The third-order valence-electron chi connectivity index (χ3n) is 3.85. The fourth-order valence-corrected chi connectivity index (χ4v) is 6.22. The molecule has 0 unspecified atom stereocenters. The Bertz CT molecular complexity index is 935. The van der Waals surface area contributed by atoms with E-state index < -0.39 is 7.14 Å². The Labute approximate surface area is 144 Å². The van der Waals surface area contributed by atoms with Crippen molar-refractivity contribution in [3.05, 3.63) is 84.6 Å². The number of benzene rings is 2. The van der Waals surface area contributed by atoms with Crippen molar-refractivity contribution < 1.29 is 8.98 Å². The molecule has 4 aromatic rings. The van der Waals surface area contributed by atoms with E-state index in [1.54, 1.807) is 18.5 Å². The maximum atomic E-state index is 14.3. The van der Waals surface area contributed by atoms with E-state index in [4.69, 9.17) is 4.42 Å². The SMILES string of the molecule is O=P(c1ccccc1)(c1ccccc1)c1ccoc1-c1nccs1. The highest BCUT2D eigenvalue weighted by Gasteiger charge is 2.34. The van der Waals surface area contributed by atoms with Crippen LogP contribution in [0.25, 0.3) is 10.8 Å². The topological polar surface area (TPSA) is 43.1 Å². The number of thiazole rings is 1. The molecule has 3 nitrogen and oxygen atoms in total. The monoisotopic (exact) mass is 351 g/mol. The summed E-state index contributed by atoms with van der Waals surface area (Å²) in [6.45, 7) is 0. The molecular formula is C19H14NO2PS. The predicted molar refractivity (Wildman–Crippen MR) is 99.2 cm³/mol. The third-order valence-corrected chi connectivity index (χ3v) is 7.70. The van der Waals surface area contributed by atoms with Crippen LogP contribution in [0.3, 0.4) is 0 Å². The maximum absolute atomic E-state index is 14.3. The molecule has 0 aliphatic heterocycles. The maximum Gasteiger partial charge on any atom is 0.174 e. The summed E-state index contributed by atoms with van der Waals surface area (Å²) in [4.78, 5) is 4.32. The number of rotatable bonds is 4. The molecule has 0 saturated carbocycles. The Kier molecular flexibility index (Phi) is 3.93. The van der Waals surface area contributed by atoms with Gasteiger partial charge in [0.15, 0.2) is 17.9 Å². The van der Waals surface area contributed by atoms with Gasteiger partial charge in [-0.1, -0.05) is 60.7 Å². The van der Waals surface area contributed by atoms with Crippen molar-refractivity contribution in [2.75, 3.05) is 0 Å². The summed E-state index contributed by atoms with van der Waals surface area (Å²) in [5.41, 5.74) is 0. The van der Waals surface area contributed by atoms with Crippen LogP contribution in [0.2, 0.25) is 0 Å². The lowest BCUT2D eigenvalue weighted by molar-refractivity contribution is 0.581. The van der Waals surface area contributed by atoms with Gasteiger partial charge in [0.05, 0.1) is 11.6 Å². The summed E-state index contributed by atoms with van der Waals surface area (Å²) < 4.78 is 20.0. The van der Waals surface area contributed by atoms with Crippen LogP contribution >= 0.6 is 18.5 Å². The lowest BCUT2D eigenvalue weighted by atomic mass is 10.4. The predicted octanol–water partition coefficient (Wildman–Crippen LogP) is 4.04. The van der Waals surface area contributed by atoms with E-state index in [9.17, 15) is 4.57 Å². The van der Waals surface area contributed by atoms with Crippen LogP contribution in [0.1, 0.15) is 0 Å². The molecule has 24 heavy (non-hydrogen) atoms. The summed E-state index contributed by atoms with van der Waals surface area (Å²) in [7, 11) is -3.03. The quantitative estimate of drug-likeness (QED) is 0.521. The Morgan fingerprint density at radius 3 is 2.04 bits per heavy atom. The van der Waals surface area contributed by atoms with Gasteiger partial charge in [0.2, 0.25) is 0 Å². The highest BCUT2D eigenvalue weighted by Crippen LogP contribution is 2.45. The number of furan rings is 1. The van der Waals surface area contributed by atoms with Gasteiger partial charge < -0.3 is 8.98 Å². The van der Waals surface area contributed by atoms with E-state index in [1.165, 1.54) is 11.3 Å². The van der Waals surface area contributed by atoms with Crippen molar-refractivity contribution >= 4 is 34.4 Å². The summed E-state index contributed by atoms with van der Waals surface area (Å²) >= 11 is 1.48.